The molecular weight excluding hydrogens is 234 g/mol. The molecule has 0 amide bonds. The highest BCUT2D eigenvalue weighted by Crippen LogP contribution is 2.22. The second-order valence-electron chi connectivity index (χ2n) is 3.31. The maximum atomic E-state index is 5.87. The molecule has 2 aromatic rings. The standard InChI is InChI=1S/C14H10ClNO/c1-2-5-12-7-4-9-14(16-12)17-13-8-3-6-11(15)10-13/h3-10H,1H2. The Morgan fingerprint density at radius 1 is 1.24 bits per heavy atom. The fraction of sp³-hybridized carbons (Fsp3) is 0. The molecule has 0 radical (unpaired) electrons. The molecule has 0 aliphatic heterocycles. The van der Waals surface area contributed by atoms with Gasteiger partial charge in [-0.3, -0.25) is 0 Å². The monoisotopic (exact) mass is 243 g/mol. The number of hydrogen-bond donors (Lipinski definition) is 0. The molecule has 0 aliphatic rings. The SMILES string of the molecule is C=C=Cc1cccc(Oc2cccc(Cl)c2)n1. The predicted octanol–water partition coefficient (Wildman–Crippen LogP) is 4.33. The van der Waals surface area contributed by atoms with Crippen molar-refractivity contribution in [2.24, 2.45) is 0 Å². The number of nitrogens with zero attached hydrogens (tertiary/aromatic N) is 1. The summed E-state index contributed by atoms with van der Waals surface area (Å²) in [7, 11) is 0. The lowest BCUT2D eigenvalue weighted by atomic mass is 10.3. The van der Waals surface area contributed by atoms with Crippen LogP contribution in [-0.2, 0) is 0 Å². The Hall–Kier alpha value is -2.02. The summed E-state index contributed by atoms with van der Waals surface area (Å²) in [4.78, 5) is 4.26. The molecule has 1 aromatic heterocycles. The van der Waals surface area contributed by atoms with Gasteiger partial charge >= 0.3 is 0 Å². The second-order valence-corrected chi connectivity index (χ2v) is 3.75. The van der Waals surface area contributed by atoms with E-state index < -0.39 is 0 Å². The van der Waals surface area contributed by atoms with Crippen molar-refractivity contribution >= 4 is 17.7 Å². The second kappa shape index (κ2) is 5.35. The van der Waals surface area contributed by atoms with Crippen LogP contribution in [0.2, 0.25) is 5.02 Å². The van der Waals surface area contributed by atoms with Gasteiger partial charge < -0.3 is 4.74 Å². The molecule has 1 heterocycles. The summed E-state index contributed by atoms with van der Waals surface area (Å²) in [6, 6.07) is 12.7. The highest BCUT2D eigenvalue weighted by Gasteiger charge is 1.99. The van der Waals surface area contributed by atoms with Crippen molar-refractivity contribution in [1.29, 1.82) is 0 Å². The number of hydrogen-bond acceptors (Lipinski definition) is 2. The summed E-state index contributed by atoms with van der Waals surface area (Å²) in [6.45, 7) is 3.50. The van der Waals surface area contributed by atoms with E-state index in [1.807, 2.05) is 24.3 Å². The Balaban J connectivity index is 2.24. The fourth-order valence-electron chi connectivity index (χ4n) is 1.32. The third kappa shape index (κ3) is 3.22. The zero-order chi connectivity index (χ0) is 12.1. The van der Waals surface area contributed by atoms with E-state index in [9.17, 15) is 0 Å². The first-order valence-electron chi connectivity index (χ1n) is 5.04. The zero-order valence-electron chi connectivity index (χ0n) is 9.06. The van der Waals surface area contributed by atoms with Crippen LogP contribution in [0, 0.1) is 0 Å². The zero-order valence-corrected chi connectivity index (χ0v) is 9.82. The summed E-state index contributed by atoms with van der Waals surface area (Å²) in [5.74, 6) is 1.17. The van der Waals surface area contributed by atoms with Crippen molar-refractivity contribution in [3.63, 3.8) is 0 Å². The number of benzene rings is 1. The number of ether oxygens (including phenoxy) is 1. The van der Waals surface area contributed by atoms with Gasteiger partial charge in [-0.05, 0) is 24.3 Å². The van der Waals surface area contributed by atoms with E-state index in [1.54, 1.807) is 24.3 Å². The lowest BCUT2D eigenvalue weighted by Gasteiger charge is -2.05. The van der Waals surface area contributed by atoms with Gasteiger partial charge in [0.25, 0.3) is 0 Å². The van der Waals surface area contributed by atoms with Crippen LogP contribution in [0.25, 0.3) is 6.08 Å². The molecule has 3 heteroatoms. The van der Waals surface area contributed by atoms with Crippen LogP contribution in [0.1, 0.15) is 5.69 Å². The topological polar surface area (TPSA) is 22.1 Å². The maximum absolute atomic E-state index is 5.87. The first-order chi connectivity index (χ1) is 8.28. The molecule has 0 bridgehead atoms. The van der Waals surface area contributed by atoms with Gasteiger partial charge in [-0.1, -0.05) is 30.3 Å². The minimum atomic E-state index is 0.510. The number of pyridine rings is 1. The number of rotatable bonds is 3. The molecule has 17 heavy (non-hydrogen) atoms. The van der Waals surface area contributed by atoms with Crippen LogP contribution in [0.15, 0.2) is 54.8 Å². The highest BCUT2D eigenvalue weighted by molar-refractivity contribution is 6.30. The van der Waals surface area contributed by atoms with Gasteiger partial charge in [-0.15, -0.1) is 5.73 Å². The molecule has 0 saturated carbocycles. The minimum absolute atomic E-state index is 0.510. The van der Waals surface area contributed by atoms with Crippen LogP contribution < -0.4 is 4.74 Å². The molecule has 0 fully saturated rings. The van der Waals surface area contributed by atoms with E-state index in [1.165, 1.54) is 0 Å². The van der Waals surface area contributed by atoms with Crippen LogP contribution in [0.4, 0.5) is 0 Å². The lowest BCUT2D eigenvalue weighted by Crippen LogP contribution is -1.89. The van der Waals surface area contributed by atoms with E-state index in [2.05, 4.69) is 17.3 Å². The van der Waals surface area contributed by atoms with Crippen molar-refractivity contribution in [2.45, 2.75) is 0 Å². The number of aromatic nitrogens is 1. The third-order valence-corrected chi connectivity index (χ3v) is 2.25. The summed E-state index contributed by atoms with van der Waals surface area (Å²) in [5, 5.41) is 0.629. The fourth-order valence-corrected chi connectivity index (χ4v) is 1.50. The molecule has 0 unspecified atom stereocenters. The van der Waals surface area contributed by atoms with Gasteiger partial charge in [-0.2, -0.15) is 0 Å². The summed E-state index contributed by atoms with van der Waals surface area (Å²) in [6.07, 6.45) is 1.69. The van der Waals surface area contributed by atoms with Crippen LogP contribution in [-0.4, -0.2) is 4.98 Å². The van der Waals surface area contributed by atoms with Crippen LogP contribution in [0.3, 0.4) is 0 Å². The van der Waals surface area contributed by atoms with Crippen molar-refractivity contribution in [2.75, 3.05) is 0 Å². The highest BCUT2D eigenvalue weighted by atomic mass is 35.5. The molecule has 0 atom stereocenters. The average Bonchev–Trinajstić information content (AvgIpc) is 2.30. The Bertz CT molecular complexity index is 574. The predicted molar refractivity (Wildman–Crippen MR) is 69.4 cm³/mol. The van der Waals surface area contributed by atoms with Crippen LogP contribution in [0.5, 0.6) is 11.6 Å². The Labute approximate surface area is 105 Å². The Morgan fingerprint density at radius 3 is 2.82 bits per heavy atom. The summed E-state index contributed by atoms with van der Waals surface area (Å²) < 4.78 is 5.58. The van der Waals surface area contributed by atoms with Gasteiger partial charge in [0.15, 0.2) is 0 Å². The largest absolute Gasteiger partial charge is 0.439 e. The number of halogens is 1. The lowest BCUT2D eigenvalue weighted by molar-refractivity contribution is 0.462. The quantitative estimate of drug-likeness (QED) is 0.749. The molecule has 2 nitrogen and oxygen atoms in total. The average molecular weight is 244 g/mol. The van der Waals surface area contributed by atoms with Crippen molar-refractivity contribution in [3.8, 4) is 11.6 Å². The van der Waals surface area contributed by atoms with E-state index in [0.717, 1.165) is 5.69 Å². The molecule has 0 saturated heterocycles. The minimum Gasteiger partial charge on any atom is -0.439 e. The molecule has 0 aliphatic carbocycles. The normalized spacial score (nSPS) is 9.47. The molecule has 0 spiro atoms. The van der Waals surface area contributed by atoms with Gasteiger partial charge in [0.2, 0.25) is 5.88 Å². The first-order valence-corrected chi connectivity index (χ1v) is 5.42. The molecule has 0 N–H and O–H groups in total. The van der Waals surface area contributed by atoms with E-state index in [0.29, 0.717) is 16.7 Å². The summed E-state index contributed by atoms with van der Waals surface area (Å²) in [5.41, 5.74) is 3.42. The smallest absolute Gasteiger partial charge is 0.219 e. The van der Waals surface area contributed by atoms with Gasteiger partial charge in [0, 0.05) is 17.2 Å². The van der Waals surface area contributed by atoms with Crippen molar-refractivity contribution < 1.29 is 4.74 Å². The molecule has 1 aromatic carbocycles. The van der Waals surface area contributed by atoms with E-state index in [4.69, 9.17) is 16.3 Å². The van der Waals surface area contributed by atoms with E-state index >= 15 is 0 Å². The van der Waals surface area contributed by atoms with Crippen molar-refractivity contribution in [1.82, 2.24) is 4.98 Å². The van der Waals surface area contributed by atoms with Crippen molar-refractivity contribution in [3.05, 3.63) is 65.5 Å². The molecular formula is C14H10ClNO. The van der Waals surface area contributed by atoms with Crippen LogP contribution >= 0.6 is 11.6 Å². The van der Waals surface area contributed by atoms with Gasteiger partial charge in [-0.25, -0.2) is 4.98 Å². The summed E-state index contributed by atoms with van der Waals surface area (Å²) >= 11 is 5.87. The third-order valence-electron chi connectivity index (χ3n) is 2.01. The van der Waals surface area contributed by atoms with Gasteiger partial charge in [0.1, 0.15) is 5.75 Å². The Morgan fingerprint density at radius 2 is 2.06 bits per heavy atom. The first kappa shape index (κ1) is 11.5. The van der Waals surface area contributed by atoms with Gasteiger partial charge in [0.05, 0.1) is 5.69 Å². The molecule has 2 rings (SSSR count). The Kier molecular flexibility index (Phi) is 3.61. The molecule has 84 valence electrons. The maximum Gasteiger partial charge on any atom is 0.219 e. The van der Waals surface area contributed by atoms with E-state index in [-0.39, 0.29) is 0 Å².